The SMILES string of the molecule is OCCCCCCCCc1ccc[nH]1. The Morgan fingerprint density at radius 3 is 2.36 bits per heavy atom. The summed E-state index contributed by atoms with van der Waals surface area (Å²) < 4.78 is 0. The highest BCUT2D eigenvalue weighted by atomic mass is 16.2. The monoisotopic (exact) mass is 195 g/mol. The maximum Gasteiger partial charge on any atom is 0.0431 e. The number of hydrogen-bond donors (Lipinski definition) is 2. The minimum atomic E-state index is 0.350. The summed E-state index contributed by atoms with van der Waals surface area (Å²) in [7, 11) is 0. The van der Waals surface area contributed by atoms with Gasteiger partial charge in [0, 0.05) is 18.5 Å². The molecule has 0 radical (unpaired) electrons. The zero-order valence-electron chi connectivity index (χ0n) is 8.84. The minimum absolute atomic E-state index is 0.350. The molecule has 0 spiro atoms. The Morgan fingerprint density at radius 2 is 1.71 bits per heavy atom. The Balaban J connectivity index is 1.85. The molecule has 0 fully saturated rings. The van der Waals surface area contributed by atoms with Crippen LogP contribution in [0.3, 0.4) is 0 Å². The summed E-state index contributed by atoms with van der Waals surface area (Å²) in [5.41, 5.74) is 1.35. The van der Waals surface area contributed by atoms with Crippen molar-refractivity contribution in [3.8, 4) is 0 Å². The fourth-order valence-corrected chi connectivity index (χ4v) is 1.66. The van der Waals surface area contributed by atoms with Gasteiger partial charge in [-0.15, -0.1) is 0 Å². The van der Waals surface area contributed by atoms with Crippen LogP contribution in [-0.4, -0.2) is 16.7 Å². The minimum Gasteiger partial charge on any atom is -0.396 e. The van der Waals surface area contributed by atoms with E-state index in [1.165, 1.54) is 44.2 Å². The van der Waals surface area contributed by atoms with Crippen LogP contribution < -0.4 is 0 Å². The lowest BCUT2D eigenvalue weighted by Gasteiger charge is -2.00. The molecule has 0 bridgehead atoms. The highest BCUT2D eigenvalue weighted by Gasteiger charge is 1.93. The van der Waals surface area contributed by atoms with E-state index in [1.54, 1.807) is 0 Å². The number of aryl methyl sites for hydroxylation is 1. The van der Waals surface area contributed by atoms with Crippen molar-refractivity contribution in [2.45, 2.75) is 44.9 Å². The van der Waals surface area contributed by atoms with Crippen molar-refractivity contribution in [3.05, 3.63) is 24.0 Å². The molecule has 1 heterocycles. The number of nitrogens with one attached hydrogen (secondary N) is 1. The van der Waals surface area contributed by atoms with Gasteiger partial charge in [-0.2, -0.15) is 0 Å². The van der Waals surface area contributed by atoms with E-state index < -0.39 is 0 Å². The van der Waals surface area contributed by atoms with Crippen LogP contribution in [0.2, 0.25) is 0 Å². The highest BCUT2D eigenvalue weighted by molar-refractivity contribution is 5.03. The van der Waals surface area contributed by atoms with Crippen molar-refractivity contribution in [1.29, 1.82) is 0 Å². The van der Waals surface area contributed by atoms with Gasteiger partial charge in [-0.3, -0.25) is 0 Å². The van der Waals surface area contributed by atoms with Crippen molar-refractivity contribution < 1.29 is 5.11 Å². The molecule has 1 aromatic heterocycles. The highest BCUT2D eigenvalue weighted by Crippen LogP contribution is 2.08. The summed E-state index contributed by atoms with van der Waals surface area (Å²) in [6.07, 6.45) is 10.5. The summed E-state index contributed by atoms with van der Waals surface area (Å²) in [5.74, 6) is 0. The molecule has 1 aromatic rings. The Morgan fingerprint density at radius 1 is 1.00 bits per heavy atom. The van der Waals surface area contributed by atoms with Gasteiger partial charge in [-0.05, 0) is 31.4 Å². The third-order valence-corrected chi connectivity index (χ3v) is 2.52. The number of aliphatic hydroxyl groups is 1. The van der Waals surface area contributed by atoms with Gasteiger partial charge in [-0.25, -0.2) is 0 Å². The lowest BCUT2D eigenvalue weighted by atomic mass is 10.1. The number of aromatic nitrogens is 1. The van der Waals surface area contributed by atoms with E-state index in [0.29, 0.717) is 6.61 Å². The molecule has 2 heteroatoms. The molecule has 0 aliphatic heterocycles. The molecular formula is C12H21NO. The predicted octanol–water partition coefficient (Wildman–Crippen LogP) is 2.89. The van der Waals surface area contributed by atoms with Crippen molar-refractivity contribution in [1.82, 2.24) is 4.98 Å². The maximum absolute atomic E-state index is 8.59. The molecule has 0 saturated carbocycles. The largest absolute Gasteiger partial charge is 0.396 e. The molecule has 2 nitrogen and oxygen atoms in total. The Bertz CT molecular complexity index is 206. The fourth-order valence-electron chi connectivity index (χ4n) is 1.66. The van der Waals surface area contributed by atoms with E-state index in [1.807, 2.05) is 6.20 Å². The van der Waals surface area contributed by atoms with Crippen molar-refractivity contribution in [3.63, 3.8) is 0 Å². The van der Waals surface area contributed by atoms with Crippen LogP contribution in [0.4, 0.5) is 0 Å². The van der Waals surface area contributed by atoms with Gasteiger partial charge in [0.2, 0.25) is 0 Å². The number of aromatic amines is 1. The molecule has 2 N–H and O–H groups in total. The second-order valence-corrected chi connectivity index (χ2v) is 3.79. The molecule has 0 saturated heterocycles. The molecule has 0 atom stereocenters. The number of H-pyrrole nitrogens is 1. The summed E-state index contributed by atoms with van der Waals surface area (Å²) in [5, 5.41) is 8.59. The van der Waals surface area contributed by atoms with E-state index in [9.17, 15) is 0 Å². The number of hydrogen-bond acceptors (Lipinski definition) is 1. The molecule has 80 valence electrons. The lowest BCUT2D eigenvalue weighted by Crippen LogP contribution is -1.87. The first-order chi connectivity index (χ1) is 6.93. The van der Waals surface area contributed by atoms with Crippen LogP contribution in [0.5, 0.6) is 0 Å². The molecule has 1 rings (SSSR count). The van der Waals surface area contributed by atoms with Crippen molar-refractivity contribution in [2.24, 2.45) is 0 Å². The molecular weight excluding hydrogens is 174 g/mol. The molecule has 0 aliphatic carbocycles. The number of rotatable bonds is 8. The molecule has 0 aliphatic rings. The van der Waals surface area contributed by atoms with Gasteiger partial charge >= 0.3 is 0 Å². The zero-order chi connectivity index (χ0) is 10.1. The zero-order valence-corrected chi connectivity index (χ0v) is 8.84. The lowest BCUT2D eigenvalue weighted by molar-refractivity contribution is 0.282. The van der Waals surface area contributed by atoms with Crippen molar-refractivity contribution in [2.75, 3.05) is 6.61 Å². The van der Waals surface area contributed by atoms with E-state index in [-0.39, 0.29) is 0 Å². The number of unbranched alkanes of at least 4 members (excludes halogenated alkanes) is 5. The average Bonchev–Trinajstić information content (AvgIpc) is 2.69. The fraction of sp³-hybridized carbons (Fsp3) is 0.667. The standard InChI is InChI=1S/C12H21NO/c14-11-6-4-2-1-3-5-8-12-9-7-10-13-12/h7,9-10,13-14H,1-6,8,11H2. The first-order valence-corrected chi connectivity index (χ1v) is 5.66. The van der Waals surface area contributed by atoms with Crippen LogP contribution in [0.15, 0.2) is 18.3 Å². The second-order valence-electron chi connectivity index (χ2n) is 3.79. The maximum atomic E-state index is 8.59. The topological polar surface area (TPSA) is 36.0 Å². The number of aliphatic hydroxyl groups excluding tert-OH is 1. The van der Waals surface area contributed by atoms with Gasteiger partial charge in [0.25, 0.3) is 0 Å². The Kier molecular flexibility index (Phi) is 6.16. The van der Waals surface area contributed by atoms with Crippen LogP contribution >= 0.6 is 0 Å². The Labute approximate surface area is 86.4 Å². The first kappa shape index (κ1) is 11.3. The van der Waals surface area contributed by atoms with Gasteiger partial charge in [-0.1, -0.05) is 25.7 Å². The third-order valence-electron chi connectivity index (χ3n) is 2.52. The second kappa shape index (κ2) is 7.63. The van der Waals surface area contributed by atoms with E-state index in [0.717, 1.165) is 6.42 Å². The molecule has 14 heavy (non-hydrogen) atoms. The molecule has 0 unspecified atom stereocenters. The normalized spacial score (nSPS) is 10.6. The van der Waals surface area contributed by atoms with Crippen LogP contribution in [0.1, 0.15) is 44.2 Å². The van der Waals surface area contributed by atoms with Crippen LogP contribution in [0, 0.1) is 0 Å². The quantitative estimate of drug-likeness (QED) is 0.615. The van der Waals surface area contributed by atoms with Crippen LogP contribution in [-0.2, 0) is 6.42 Å². The Hall–Kier alpha value is -0.760. The van der Waals surface area contributed by atoms with Crippen LogP contribution in [0.25, 0.3) is 0 Å². The molecule has 0 amide bonds. The van der Waals surface area contributed by atoms with Gasteiger partial charge in [0.05, 0.1) is 0 Å². The van der Waals surface area contributed by atoms with E-state index in [2.05, 4.69) is 17.1 Å². The third kappa shape index (κ3) is 5.07. The van der Waals surface area contributed by atoms with Crippen molar-refractivity contribution >= 4 is 0 Å². The summed E-state index contributed by atoms with van der Waals surface area (Å²) in [4.78, 5) is 3.22. The van der Waals surface area contributed by atoms with Gasteiger partial charge in [0.15, 0.2) is 0 Å². The first-order valence-electron chi connectivity index (χ1n) is 5.66. The smallest absolute Gasteiger partial charge is 0.0431 e. The average molecular weight is 195 g/mol. The van der Waals surface area contributed by atoms with E-state index >= 15 is 0 Å². The summed E-state index contributed by atoms with van der Waals surface area (Å²) in [6, 6.07) is 4.20. The predicted molar refractivity (Wildman–Crippen MR) is 59.3 cm³/mol. The van der Waals surface area contributed by atoms with Gasteiger partial charge < -0.3 is 10.1 Å². The van der Waals surface area contributed by atoms with Gasteiger partial charge in [0.1, 0.15) is 0 Å². The summed E-state index contributed by atoms with van der Waals surface area (Å²) in [6.45, 7) is 0.350. The molecule has 0 aromatic carbocycles. The van der Waals surface area contributed by atoms with E-state index in [4.69, 9.17) is 5.11 Å². The summed E-state index contributed by atoms with van der Waals surface area (Å²) >= 11 is 0.